The van der Waals surface area contributed by atoms with E-state index in [1.54, 1.807) is 24.3 Å². The smallest absolute Gasteiger partial charge is 0.417 e. The summed E-state index contributed by atoms with van der Waals surface area (Å²) in [4.78, 5) is 0. The highest BCUT2D eigenvalue weighted by atomic mass is 31.1. The molecule has 0 N–H and O–H groups in total. The van der Waals surface area contributed by atoms with Crippen molar-refractivity contribution in [3.05, 3.63) is 83.8 Å². The van der Waals surface area contributed by atoms with Crippen LogP contribution in [0.15, 0.2) is 61.1 Å². The fraction of sp³-hybridized carbons (Fsp3) is 0. The molecule has 2 aromatic rings. The molecule has 2 rings (SSSR count). The molecule has 6 heteroatoms. The van der Waals surface area contributed by atoms with Gasteiger partial charge in [0.15, 0.2) is 0 Å². The van der Waals surface area contributed by atoms with Gasteiger partial charge in [0.1, 0.15) is 11.6 Å². The molecule has 0 saturated heterocycles. The van der Waals surface area contributed by atoms with Crippen molar-refractivity contribution in [3.63, 3.8) is 0 Å². The number of hydrogen-bond acceptors (Lipinski definition) is 3. The van der Waals surface area contributed by atoms with Crippen LogP contribution in [0.3, 0.4) is 0 Å². The fourth-order valence-corrected chi connectivity index (χ4v) is 1.93. The summed E-state index contributed by atoms with van der Waals surface area (Å²) in [5.74, 6) is -0.665. The van der Waals surface area contributed by atoms with E-state index in [4.69, 9.17) is 9.05 Å². The van der Waals surface area contributed by atoms with Gasteiger partial charge in [-0.15, -0.1) is 0 Å². The topological polar surface area (TPSA) is 35.5 Å². The maximum Gasteiger partial charge on any atom is 0.417 e. The highest BCUT2D eigenvalue weighted by Gasteiger charge is 1.95. The second kappa shape index (κ2) is 8.15. The lowest BCUT2D eigenvalue weighted by Gasteiger charge is -2.00. The second-order valence-electron chi connectivity index (χ2n) is 4.19. The van der Waals surface area contributed by atoms with Crippen LogP contribution in [-0.4, -0.2) is 0 Å². The maximum atomic E-state index is 12.7. The Morgan fingerprint density at radius 2 is 1.09 bits per heavy atom. The van der Waals surface area contributed by atoms with Crippen LogP contribution in [0.1, 0.15) is 11.1 Å². The highest BCUT2D eigenvalue weighted by Crippen LogP contribution is 2.25. The van der Waals surface area contributed by atoms with Gasteiger partial charge in [0, 0.05) is 0 Å². The van der Waals surface area contributed by atoms with Gasteiger partial charge >= 0.3 is 8.25 Å². The fourth-order valence-electron chi connectivity index (χ4n) is 1.51. The van der Waals surface area contributed by atoms with Crippen molar-refractivity contribution in [3.8, 4) is 0 Å². The van der Waals surface area contributed by atoms with Gasteiger partial charge in [-0.2, -0.15) is 0 Å². The molecule has 0 aliphatic heterocycles. The number of rotatable bonds is 6. The molecule has 0 heterocycles. The lowest BCUT2D eigenvalue weighted by atomic mass is 10.2. The average Bonchev–Trinajstić information content (AvgIpc) is 2.51. The quantitative estimate of drug-likeness (QED) is 0.553. The van der Waals surface area contributed by atoms with Crippen LogP contribution < -0.4 is 0 Å². The largest absolute Gasteiger partial charge is 0.426 e. The third-order valence-corrected chi connectivity index (χ3v) is 3.25. The molecule has 0 unspecified atom stereocenters. The molecule has 0 saturated carbocycles. The van der Waals surface area contributed by atoms with Crippen molar-refractivity contribution in [2.24, 2.45) is 0 Å². The summed E-state index contributed by atoms with van der Waals surface area (Å²) >= 11 is 0. The molecular formula is C16H13F2O3P. The number of hydrogen-bond donors (Lipinski definition) is 0. The first-order valence-electron chi connectivity index (χ1n) is 6.35. The van der Waals surface area contributed by atoms with E-state index in [1.165, 1.54) is 48.9 Å². The lowest BCUT2D eigenvalue weighted by Crippen LogP contribution is -1.76. The summed E-state index contributed by atoms with van der Waals surface area (Å²) in [6.07, 6.45) is 5.52. The van der Waals surface area contributed by atoms with Gasteiger partial charge < -0.3 is 9.05 Å². The Hall–Kier alpha value is -2.39. The molecule has 0 aromatic heterocycles. The third kappa shape index (κ3) is 5.54. The molecule has 0 spiro atoms. The summed E-state index contributed by atoms with van der Waals surface area (Å²) in [6.45, 7) is 0. The van der Waals surface area contributed by atoms with Crippen LogP contribution in [0.5, 0.6) is 0 Å². The molecule has 0 amide bonds. The molecule has 2 aromatic carbocycles. The zero-order valence-corrected chi connectivity index (χ0v) is 12.4. The summed E-state index contributed by atoms with van der Waals surface area (Å²) < 4.78 is 46.6. The van der Waals surface area contributed by atoms with Crippen molar-refractivity contribution in [1.82, 2.24) is 0 Å². The predicted molar refractivity (Wildman–Crippen MR) is 82.0 cm³/mol. The molecule has 114 valence electrons. The minimum absolute atomic E-state index is 0.332. The normalized spacial score (nSPS) is 12.6. The number of halogens is 2. The molecule has 0 atom stereocenters. The summed E-state index contributed by atoms with van der Waals surface area (Å²) in [5, 5.41) is 0. The maximum absolute atomic E-state index is 12.7. The zero-order valence-electron chi connectivity index (χ0n) is 11.4. The first-order chi connectivity index (χ1) is 10.6. The van der Waals surface area contributed by atoms with E-state index in [-0.39, 0.29) is 11.6 Å². The van der Waals surface area contributed by atoms with E-state index in [9.17, 15) is 13.3 Å². The molecule has 0 aliphatic carbocycles. The van der Waals surface area contributed by atoms with Crippen LogP contribution in [0.4, 0.5) is 8.78 Å². The molecule has 0 radical (unpaired) electrons. The number of benzene rings is 2. The van der Waals surface area contributed by atoms with Crippen LogP contribution in [-0.2, 0) is 13.6 Å². The summed E-state index contributed by atoms with van der Waals surface area (Å²) in [7, 11) is -2.72. The van der Waals surface area contributed by atoms with Crippen LogP contribution in [0.2, 0.25) is 0 Å². The van der Waals surface area contributed by atoms with Crippen LogP contribution >= 0.6 is 8.25 Å². The van der Waals surface area contributed by atoms with E-state index >= 15 is 0 Å². The minimum atomic E-state index is -2.72. The third-order valence-electron chi connectivity index (χ3n) is 2.59. The van der Waals surface area contributed by atoms with Gasteiger partial charge in [-0.25, -0.2) is 13.3 Å². The SMILES string of the molecule is O=[PH](OC=Cc1ccc(F)cc1)OC=Cc1ccc(F)cc1. The van der Waals surface area contributed by atoms with Gasteiger partial charge in [-0.1, -0.05) is 24.3 Å². The Morgan fingerprint density at radius 3 is 1.45 bits per heavy atom. The molecule has 0 bridgehead atoms. The van der Waals surface area contributed by atoms with Gasteiger partial charge in [0.2, 0.25) is 0 Å². The van der Waals surface area contributed by atoms with Crippen molar-refractivity contribution in [1.29, 1.82) is 0 Å². The van der Waals surface area contributed by atoms with Gasteiger partial charge in [0.05, 0.1) is 12.5 Å². The van der Waals surface area contributed by atoms with E-state index in [0.717, 1.165) is 0 Å². The Kier molecular flexibility index (Phi) is 5.92. The van der Waals surface area contributed by atoms with Gasteiger partial charge in [0.25, 0.3) is 0 Å². The van der Waals surface area contributed by atoms with Crippen molar-refractivity contribution in [2.75, 3.05) is 0 Å². The lowest BCUT2D eigenvalue weighted by molar-refractivity contribution is 0.358. The van der Waals surface area contributed by atoms with Crippen LogP contribution in [0.25, 0.3) is 12.2 Å². The van der Waals surface area contributed by atoms with Crippen molar-refractivity contribution < 1.29 is 22.4 Å². The minimum Gasteiger partial charge on any atom is -0.426 e. The molecule has 3 nitrogen and oxygen atoms in total. The second-order valence-corrected chi connectivity index (χ2v) is 5.17. The molecule has 22 heavy (non-hydrogen) atoms. The van der Waals surface area contributed by atoms with E-state index in [0.29, 0.717) is 11.1 Å². The average molecular weight is 322 g/mol. The van der Waals surface area contributed by atoms with Crippen LogP contribution in [0, 0.1) is 11.6 Å². The first kappa shape index (κ1) is 16.0. The van der Waals surface area contributed by atoms with Crippen molar-refractivity contribution in [2.45, 2.75) is 0 Å². The monoisotopic (exact) mass is 322 g/mol. The molecular weight excluding hydrogens is 309 g/mol. The van der Waals surface area contributed by atoms with E-state index < -0.39 is 8.25 Å². The van der Waals surface area contributed by atoms with E-state index in [1.807, 2.05) is 0 Å². The molecule has 0 aliphatic rings. The Balaban J connectivity index is 1.78. The Morgan fingerprint density at radius 1 is 0.727 bits per heavy atom. The summed E-state index contributed by atoms with van der Waals surface area (Å²) in [5.41, 5.74) is 1.41. The van der Waals surface area contributed by atoms with Crippen molar-refractivity contribution >= 4 is 20.4 Å². The van der Waals surface area contributed by atoms with E-state index in [2.05, 4.69) is 0 Å². The highest BCUT2D eigenvalue weighted by molar-refractivity contribution is 7.33. The molecule has 0 fully saturated rings. The summed E-state index contributed by atoms with van der Waals surface area (Å²) in [6, 6.07) is 11.5. The Bertz CT molecular complexity index is 620. The van der Waals surface area contributed by atoms with Gasteiger partial charge in [-0.3, -0.25) is 0 Å². The Labute approximate surface area is 127 Å². The standard InChI is InChI=1S/C16H13F2O3P/c17-15-5-1-13(2-6-15)9-11-20-22(19)21-12-10-14-3-7-16(18)8-4-14/h1-12,22H. The zero-order chi connectivity index (χ0) is 15.8. The van der Waals surface area contributed by atoms with Gasteiger partial charge in [-0.05, 0) is 47.5 Å². The first-order valence-corrected chi connectivity index (χ1v) is 7.57. The predicted octanol–water partition coefficient (Wildman–Crippen LogP) is 5.03.